The lowest BCUT2D eigenvalue weighted by Gasteiger charge is -2.19. The van der Waals surface area contributed by atoms with Crippen molar-refractivity contribution < 1.29 is 4.74 Å². The molecule has 0 bridgehead atoms. The number of benzene rings is 2. The Labute approximate surface area is 159 Å². The number of hydrogen-bond donors (Lipinski definition) is 1. The lowest BCUT2D eigenvalue weighted by molar-refractivity contribution is 0.483. The summed E-state index contributed by atoms with van der Waals surface area (Å²) in [4.78, 5) is 14.8. The van der Waals surface area contributed by atoms with Gasteiger partial charge in [-0.2, -0.15) is 5.26 Å². The third-order valence-corrected chi connectivity index (χ3v) is 4.41. The Hall–Kier alpha value is -3.32. The fourth-order valence-electron chi connectivity index (χ4n) is 2.94. The second kappa shape index (κ2) is 7.13. The van der Waals surface area contributed by atoms with E-state index in [1.54, 1.807) is 13.0 Å². The van der Waals surface area contributed by atoms with Crippen LogP contribution in [-0.4, -0.2) is 4.98 Å². The third-order valence-electron chi connectivity index (χ3n) is 4.41. The largest absolute Gasteiger partial charge is 0.457 e. The highest BCUT2D eigenvalue weighted by molar-refractivity contribution is 5.75. The first-order chi connectivity index (χ1) is 12.8. The molecule has 0 amide bonds. The number of para-hydroxylation sites is 1. The van der Waals surface area contributed by atoms with Gasteiger partial charge in [-0.1, -0.05) is 51.1 Å². The molecule has 0 radical (unpaired) electrons. The first kappa shape index (κ1) is 18.5. The van der Waals surface area contributed by atoms with Crippen LogP contribution < -0.4 is 10.3 Å². The number of nitriles is 1. The van der Waals surface area contributed by atoms with Crippen molar-refractivity contribution in [2.75, 3.05) is 0 Å². The van der Waals surface area contributed by atoms with Crippen LogP contribution in [0, 0.1) is 18.3 Å². The van der Waals surface area contributed by atoms with Crippen LogP contribution in [0.4, 0.5) is 0 Å². The van der Waals surface area contributed by atoms with Crippen molar-refractivity contribution in [1.29, 1.82) is 5.26 Å². The molecule has 3 rings (SSSR count). The molecule has 0 aliphatic heterocycles. The Kier molecular flexibility index (Phi) is 4.87. The van der Waals surface area contributed by atoms with E-state index in [1.165, 1.54) is 5.56 Å². The highest BCUT2D eigenvalue weighted by Crippen LogP contribution is 2.35. The van der Waals surface area contributed by atoms with E-state index >= 15 is 0 Å². The fourth-order valence-corrected chi connectivity index (χ4v) is 2.94. The Morgan fingerprint density at radius 3 is 2.30 bits per heavy atom. The van der Waals surface area contributed by atoms with Crippen LogP contribution in [0.15, 0.2) is 59.4 Å². The number of aromatic nitrogens is 1. The predicted molar refractivity (Wildman–Crippen MR) is 107 cm³/mol. The second-order valence-corrected chi connectivity index (χ2v) is 7.55. The van der Waals surface area contributed by atoms with Gasteiger partial charge in [0.2, 0.25) is 0 Å². The van der Waals surface area contributed by atoms with Crippen molar-refractivity contribution in [2.45, 2.75) is 33.1 Å². The minimum atomic E-state index is -0.392. The van der Waals surface area contributed by atoms with Gasteiger partial charge in [-0.15, -0.1) is 0 Å². The van der Waals surface area contributed by atoms with Gasteiger partial charge < -0.3 is 9.72 Å². The summed E-state index contributed by atoms with van der Waals surface area (Å²) in [5.41, 5.74) is 2.96. The fraction of sp³-hybridized carbons (Fsp3) is 0.217. The molecule has 0 aliphatic carbocycles. The number of aromatic amines is 1. The van der Waals surface area contributed by atoms with Gasteiger partial charge in [0, 0.05) is 16.8 Å². The van der Waals surface area contributed by atoms with Crippen LogP contribution in [0.3, 0.4) is 0 Å². The molecule has 0 aliphatic rings. The lowest BCUT2D eigenvalue weighted by Crippen LogP contribution is -2.12. The van der Waals surface area contributed by atoms with E-state index in [0.29, 0.717) is 28.3 Å². The Morgan fingerprint density at radius 1 is 1.00 bits per heavy atom. The average Bonchev–Trinajstić information content (AvgIpc) is 2.61. The molecule has 1 heterocycles. The normalized spacial score (nSPS) is 11.1. The van der Waals surface area contributed by atoms with Crippen LogP contribution in [0.25, 0.3) is 11.1 Å². The average molecular weight is 358 g/mol. The Balaban J connectivity index is 2.04. The van der Waals surface area contributed by atoms with Gasteiger partial charge in [-0.3, -0.25) is 4.79 Å². The molecule has 0 fully saturated rings. The number of pyridine rings is 1. The molecular weight excluding hydrogens is 336 g/mol. The molecule has 2 aromatic carbocycles. The maximum atomic E-state index is 12.1. The summed E-state index contributed by atoms with van der Waals surface area (Å²) in [5, 5.41) is 9.43. The van der Waals surface area contributed by atoms with Crippen molar-refractivity contribution in [3.63, 3.8) is 0 Å². The molecule has 4 nitrogen and oxygen atoms in total. The molecule has 4 heteroatoms. The first-order valence-corrected chi connectivity index (χ1v) is 8.81. The maximum Gasteiger partial charge on any atom is 0.266 e. The highest BCUT2D eigenvalue weighted by atomic mass is 16.5. The van der Waals surface area contributed by atoms with Gasteiger partial charge in [0.15, 0.2) is 0 Å². The molecular formula is C23H22N2O2. The van der Waals surface area contributed by atoms with Crippen LogP contribution in [-0.2, 0) is 5.41 Å². The van der Waals surface area contributed by atoms with E-state index in [0.717, 1.165) is 0 Å². The summed E-state index contributed by atoms with van der Waals surface area (Å²) in [6, 6.07) is 19.2. The number of hydrogen-bond acceptors (Lipinski definition) is 3. The number of H-pyrrole nitrogens is 1. The second-order valence-electron chi connectivity index (χ2n) is 7.55. The van der Waals surface area contributed by atoms with E-state index in [4.69, 9.17) is 4.74 Å². The molecule has 0 atom stereocenters. The van der Waals surface area contributed by atoms with Crippen LogP contribution in [0.2, 0.25) is 0 Å². The van der Waals surface area contributed by atoms with Crippen LogP contribution in [0.5, 0.6) is 11.5 Å². The molecule has 1 N–H and O–H groups in total. The van der Waals surface area contributed by atoms with Gasteiger partial charge in [0.05, 0.1) is 0 Å². The first-order valence-electron chi connectivity index (χ1n) is 8.81. The summed E-state index contributed by atoms with van der Waals surface area (Å²) in [5.74, 6) is 1.30. The lowest BCUT2D eigenvalue weighted by atomic mass is 9.87. The van der Waals surface area contributed by atoms with E-state index in [1.807, 2.05) is 42.5 Å². The molecule has 27 heavy (non-hydrogen) atoms. The summed E-state index contributed by atoms with van der Waals surface area (Å²) in [6.07, 6.45) is 0. The summed E-state index contributed by atoms with van der Waals surface area (Å²) < 4.78 is 6.09. The zero-order valence-electron chi connectivity index (χ0n) is 16.0. The summed E-state index contributed by atoms with van der Waals surface area (Å²) >= 11 is 0. The van der Waals surface area contributed by atoms with Crippen molar-refractivity contribution >= 4 is 0 Å². The zero-order chi connectivity index (χ0) is 19.6. The Bertz CT molecular complexity index is 1070. The highest BCUT2D eigenvalue weighted by Gasteiger charge is 2.16. The zero-order valence-corrected chi connectivity index (χ0v) is 16.0. The summed E-state index contributed by atoms with van der Waals surface area (Å²) in [6.45, 7) is 8.28. The van der Waals surface area contributed by atoms with Crippen LogP contribution in [0.1, 0.15) is 37.6 Å². The smallest absolute Gasteiger partial charge is 0.266 e. The molecule has 136 valence electrons. The van der Waals surface area contributed by atoms with Crippen molar-refractivity contribution in [2.24, 2.45) is 0 Å². The van der Waals surface area contributed by atoms with E-state index in [2.05, 4.69) is 37.9 Å². The topological polar surface area (TPSA) is 65.9 Å². The Morgan fingerprint density at radius 2 is 1.67 bits per heavy atom. The maximum absolute atomic E-state index is 12.1. The monoisotopic (exact) mass is 358 g/mol. The molecule has 3 aromatic rings. The number of nitrogens with one attached hydrogen (secondary N) is 1. The molecule has 0 spiro atoms. The van der Waals surface area contributed by atoms with Gasteiger partial charge in [0.1, 0.15) is 23.1 Å². The minimum Gasteiger partial charge on any atom is -0.457 e. The quantitative estimate of drug-likeness (QED) is 0.690. The third kappa shape index (κ3) is 3.93. The molecule has 1 aromatic heterocycles. The SMILES string of the molecule is Cc1cc(-c2ccccc2Oc2ccc(C(C)(C)C)cc2)c(C#N)c(=O)[nH]1. The van der Waals surface area contributed by atoms with E-state index < -0.39 is 5.56 Å². The number of aryl methyl sites for hydroxylation is 1. The van der Waals surface area contributed by atoms with Gasteiger partial charge in [0.25, 0.3) is 5.56 Å². The van der Waals surface area contributed by atoms with E-state index in [9.17, 15) is 10.1 Å². The van der Waals surface area contributed by atoms with Gasteiger partial charge >= 0.3 is 0 Å². The van der Waals surface area contributed by atoms with Crippen molar-refractivity contribution in [3.05, 3.63) is 81.8 Å². The van der Waals surface area contributed by atoms with Crippen molar-refractivity contribution in [3.8, 4) is 28.7 Å². The molecule has 0 unspecified atom stereocenters. The van der Waals surface area contributed by atoms with Gasteiger partial charge in [-0.25, -0.2) is 0 Å². The van der Waals surface area contributed by atoms with Gasteiger partial charge in [-0.05, 0) is 42.2 Å². The van der Waals surface area contributed by atoms with Crippen LogP contribution >= 0.6 is 0 Å². The molecule has 0 saturated heterocycles. The number of rotatable bonds is 3. The van der Waals surface area contributed by atoms with Crippen molar-refractivity contribution in [1.82, 2.24) is 4.98 Å². The number of ether oxygens (including phenoxy) is 1. The standard InChI is InChI=1S/C23H22N2O2/c1-15-13-19(20(14-24)22(26)25-15)18-7-5-6-8-21(18)27-17-11-9-16(10-12-17)23(2,3)4/h5-13H,1-4H3,(H,25,26). The summed E-state index contributed by atoms with van der Waals surface area (Å²) in [7, 11) is 0. The number of nitrogens with zero attached hydrogens (tertiary/aromatic N) is 1. The predicted octanol–water partition coefficient (Wildman–Crippen LogP) is 5.31. The van der Waals surface area contributed by atoms with E-state index in [-0.39, 0.29) is 11.0 Å². The minimum absolute atomic E-state index is 0.0702. The molecule has 0 saturated carbocycles.